The second kappa shape index (κ2) is 5.90. The van der Waals surface area contributed by atoms with Crippen LogP contribution in [0.5, 0.6) is 0 Å². The molecule has 1 fully saturated rings. The van der Waals surface area contributed by atoms with Gasteiger partial charge in [0.25, 0.3) is 0 Å². The molecule has 1 aromatic carbocycles. The van der Waals surface area contributed by atoms with E-state index in [9.17, 15) is 9.90 Å². The minimum Gasteiger partial charge on any atom is -0.390 e. The number of nitrogens with zero attached hydrogens (tertiary/aromatic N) is 1. The van der Waals surface area contributed by atoms with Crippen LogP contribution in [0, 0.1) is 0 Å². The van der Waals surface area contributed by atoms with Gasteiger partial charge in [0.1, 0.15) is 0 Å². The zero-order valence-corrected chi connectivity index (χ0v) is 11.8. The molecule has 0 unspecified atom stereocenters. The standard InChI is InChI=1S/C14H19ClN2O2/c1-14(19)6-8-17(9-7-14)10-13(18)16-12-4-2-11(15)3-5-12/h2-5,19H,6-10H2,1H3,(H,16,18). The average molecular weight is 283 g/mol. The molecule has 0 bridgehead atoms. The van der Waals surface area contributed by atoms with Gasteiger partial charge in [0.15, 0.2) is 0 Å². The number of hydrogen-bond acceptors (Lipinski definition) is 3. The van der Waals surface area contributed by atoms with Crippen LogP contribution in [-0.2, 0) is 4.79 Å². The molecule has 0 spiro atoms. The van der Waals surface area contributed by atoms with Crippen molar-refractivity contribution in [3.63, 3.8) is 0 Å². The summed E-state index contributed by atoms with van der Waals surface area (Å²) in [6.45, 7) is 3.71. The molecule has 2 N–H and O–H groups in total. The maximum Gasteiger partial charge on any atom is 0.238 e. The van der Waals surface area contributed by atoms with E-state index in [1.807, 2.05) is 6.92 Å². The van der Waals surface area contributed by atoms with E-state index < -0.39 is 5.60 Å². The normalized spacial score (nSPS) is 19.1. The van der Waals surface area contributed by atoms with Gasteiger partial charge in [-0.1, -0.05) is 11.6 Å². The van der Waals surface area contributed by atoms with E-state index in [2.05, 4.69) is 10.2 Å². The van der Waals surface area contributed by atoms with Crippen molar-refractivity contribution in [1.29, 1.82) is 0 Å². The van der Waals surface area contributed by atoms with Crippen LogP contribution in [0.1, 0.15) is 19.8 Å². The maximum atomic E-state index is 11.9. The Hall–Kier alpha value is -1.10. The molecule has 0 aromatic heterocycles. The second-order valence-corrected chi connectivity index (χ2v) is 5.76. The fraction of sp³-hybridized carbons (Fsp3) is 0.500. The van der Waals surface area contributed by atoms with Gasteiger partial charge in [-0.2, -0.15) is 0 Å². The number of aliphatic hydroxyl groups is 1. The Morgan fingerprint density at radius 2 is 1.95 bits per heavy atom. The van der Waals surface area contributed by atoms with Gasteiger partial charge < -0.3 is 10.4 Å². The Labute approximate surface area is 118 Å². The summed E-state index contributed by atoms with van der Waals surface area (Å²) < 4.78 is 0. The zero-order valence-electron chi connectivity index (χ0n) is 11.0. The van der Waals surface area contributed by atoms with E-state index in [-0.39, 0.29) is 5.91 Å². The van der Waals surface area contributed by atoms with Gasteiger partial charge in [-0.15, -0.1) is 0 Å². The van der Waals surface area contributed by atoms with Crippen molar-refractivity contribution in [3.05, 3.63) is 29.3 Å². The van der Waals surface area contributed by atoms with Crippen LogP contribution >= 0.6 is 11.6 Å². The van der Waals surface area contributed by atoms with Crippen molar-refractivity contribution in [3.8, 4) is 0 Å². The van der Waals surface area contributed by atoms with Crippen LogP contribution in [0.25, 0.3) is 0 Å². The van der Waals surface area contributed by atoms with Crippen molar-refractivity contribution in [1.82, 2.24) is 4.90 Å². The number of carbonyl (C=O) groups excluding carboxylic acids is 1. The SMILES string of the molecule is CC1(O)CCN(CC(=O)Nc2ccc(Cl)cc2)CC1. The molecule has 4 nitrogen and oxygen atoms in total. The van der Waals surface area contributed by atoms with Gasteiger partial charge in [-0.05, 0) is 44.0 Å². The summed E-state index contributed by atoms with van der Waals surface area (Å²) in [7, 11) is 0. The summed E-state index contributed by atoms with van der Waals surface area (Å²) in [5.74, 6) is -0.0381. The molecule has 0 atom stereocenters. The van der Waals surface area contributed by atoms with Gasteiger partial charge in [-0.25, -0.2) is 0 Å². The number of hydrogen-bond donors (Lipinski definition) is 2. The molecule has 1 aromatic rings. The number of halogens is 1. The predicted molar refractivity (Wildman–Crippen MR) is 76.4 cm³/mol. The quantitative estimate of drug-likeness (QED) is 0.893. The number of rotatable bonds is 3. The molecule has 1 saturated heterocycles. The fourth-order valence-corrected chi connectivity index (χ4v) is 2.26. The van der Waals surface area contributed by atoms with Crippen molar-refractivity contribution in [2.24, 2.45) is 0 Å². The first-order valence-corrected chi connectivity index (χ1v) is 6.83. The molecular weight excluding hydrogens is 264 g/mol. The summed E-state index contributed by atoms with van der Waals surface area (Å²) >= 11 is 5.79. The summed E-state index contributed by atoms with van der Waals surface area (Å²) in [5, 5.41) is 13.3. The highest BCUT2D eigenvalue weighted by Gasteiger charge is 2.27. The Kier molecular flexibility index (Phi) is 4.45. The molecule has 0 saturated carbocycles. The van der Waals surface area contributed by atoms with Gasteiger partial charge in [0.05, 0.1) is 12.1 Å². The number of piperidine rings is 1. The molecule has 5 heteroatoms. The number of likely N-dealkylation sites (tertiary alicyclic amines) is 1. The highest BCUT2D eigenvalue weighted by atomic mass is 35.5. The number of benzene rings is 1. The lowest BCUT2D eigenvalue weighted by Gasteiger charge is -2.35. The second-order valence-electron chi connectivity index (χ2n) is 5.33. The summed E-state index contributed by atoms with van der Waals surface area (Å²) in [5.41, 5.74) is 0.168. The lowest BCUT2D eigenvalue weighted by Crippen LogP contribution is -2.45. The summed E-state index contributed by atoms with van der Waals surface area (Å²) in [4.78, 5) is 13.9. The van der Waals surface area contributed by atoms with E-state index in [1.165, 1.54) is 0 Å². The maximum absolute atomic E-state index is 11.9. The number of nitrogens with one attached hydrogen (secondary N) is 1. The number of amides is 1. The van der Waals surface area contributed by atoms with E-state index in [0.29, 0.717) is 24.4 Å². The summed E-state index contributed by atoms with van der Waals surface area (Å²) in [6.07, 6.45) is 1.42. The van der Waals surface area contributed by atoms with Crippen molar-refractivity contribution in [2.75, 3.05) is 25.0 Å². The van der Waals surface area contributed by atoms with E-state index in [4.69, 9.17) is 11.6 Å². The van der Waals surface area contributed by atoms with E-state index in [1.54, 1.807) is 24.3 Å². The third-order valence-corrected chi connectivity index (χ3v) is 3.68. The molecule has 19 heavy (non-hydrogen) atoms. The van der Waals surface area contributed by atoms with Gasteiger partial charge in [0.2, 0.25) is 5.91 Å². The number of carbonyl (C=O) groups is 1. The molecular formula is C14H19ClN2O2. The van der Waals surface area contributed by atoms with Crippen LogP contribution in [0.4, 0.5) is 5.69 Å². The first-order valence-electron chi connectivity index (χ1n) is 6.45. The highest BCUT2D eigenvalue weighted by molar-refractivity contribution is 6.30. The molecule has 0 radical (unpaired) electrons. The van der Waals surface area contributed by atoms with Crippen LogP contribution in [0.3, 0.4) is 0 Å². The van der Waals surface area contributed by atoms with Gasteiger partial charge in [-0.3, -0.25) is 9.69 Å². The third-order valence-electron chi connectivity index (χ3n) is 3.43. The first kappa shape index (κ1) is 14.3. The Balaban J connectivity index is 1.80. The monoisotopic (exact) mass is 282 g/mol. The van der Waals surface area contributed by atoms with Crippen molar-refractivity contribution < 1.29 is 9.90 Å². The Morgan fingerprint density at radius 1 is 1.37 bits per heavy atom. The summed E-state index contributed by atoms with van der Waals surface area (Å²) in [6, 6.07) is 7.05. The van der Waals surface area contributed by atoms with E-state index >= 15 is 0 Å². The van der Waals surface area contributed by atoms with Crippen LogP contribution in [0.2, 0.25) is 5.02 Å². The average Bonchev–Trinajstić information content (AvgIpc) is 2.35. The predicted octanol–water partition coefficient (Wildman–Crippen LogP) is 2.13. The minimum absolute atomic E-state index is 0.0381. The van der Waals surface area contributed by atoms with Gasteiger partial charge >= 0.3 is 0 Å². The lowest BCUT2D eigenvalue weighted by molar-refractivity contribution is -0.118. The highest BCUT2D eigenvalue weighted by Crippen LogP contribution is 2.21. The fourth-order valence-electron chi connectivity index (χ4n) is 2.13. The van der Waals surface area contributed by atoms with Crippen LogP contribution < -0.4 is 5.32 Å². The zero-order chi connectivity index (χ0) is 13.9. The van der Waals surface area contributed by atoms with Crippen molar-refractivity contribution in [2.45, 2.75) is 25.4 Å². The van der Waals surface area contributed by atoms with Crippen LogP contribution in [0.15, 0.2) is 24.3 Å². The molecule has 1 aliphatic heterocycles. The Bertz CT molecular complexity index is 435. The largest absolute Gasteiger partial charge is 0.390 e. The minimum atomic E-state index is -0.580. The topological polar surface area (TPSA) is 52.6 Å². The molecule has 0 aliphatic carbocycles. The Morgan fingerprint density at radius 3 is 2.53 bits per heavy atom. The van der Waals surface area contributed by atoms with Crippen molar-refractivity contribution >= 4 is 23.2 Å². The first-order chi connectivity index (χ1) is 8.94. The third kappa shape index (κ3) is 4.49. The van der Waals surface area contributed by atoms with E-state index in [0.717, 1.165) is 18.8 Å². The molecule has 2 rings (SSSR count). The van der Waals surface area contributed by atoms with Gasteiger partial charge in [0, 0.05) is 23.8 Å². The molecule has 1 aliphatic rings. The van der Waals surface area contributed by atoms with Crippen LogP contribution in [-0.4, -0.2) is 41.1 Å². The smallest absolute Gasteiger partial charge is 0.238 e. The lowest BCUT2D eigenvalue weighted by atomic mass is 9.94. The molecule has 1 amide bonds. The number of anilines is 1. The molecule has 1 heterocycles. The molecule has 104 valence electrons.